The fraction of sp³-hybridized carbons (Fsp3) is 0.278. The minimum atomic E-state index is -4.85. The Morgan fingerprint density at radius 1 is 1.14 bits per heavy atom. The van der Waals surface area contributed by atoms with Gasteiger partial charge in [0.05, 0.1) is 10.2 Å². The topological polar surface area (TPSA) is 62.7 Å². The molecule has 0 bridgehead atoms. The van der Waals surface area contributed by atoms with Gasteiger partial charge in [-0.25, -0.2) is 9.69 Å². The quantitative estimate of drug-likeness (QED) is 0.634. The molecule has 0 atom stereocenters. The zero-order chi connectivity index (χ0) is 20.7. The maximum atomic E-state index is 13.0. The number of pyridine rings is 1. The first-order valence-electron chi connectivity index (χ1n) is 8.11. The van der Waals surface area contributed by atoms with Gasteiger partial charge in [0.1, 0.15) is 11.3 Å². The second-order valence-electron chi connectivity index (χ2n) is 6.59. The van der Waals surface area contributed by atoms with Crippen LogP contribution in [0.2, 0.25) is 0 Å². The van der Waals surface area contributed by atoms with Crippen LogP contribution in [-0.4, -0.2) is 33.7 Å². The molecule has 2 aromatic rings. The molecule has 0 spiro atoms. The van der Waals surface area contributed by atoms with E-state index in [1.165, 1.54) is 17.0 Å². The van der Waals surface area contributed by atoms with E-state index in [2.05, 4.69) is 25.7 Å². The minimum Gasteiger partial charge on any atom is -0.405 e. The van der Waals surface area contributed by atoms with Crippen LogP contribution in [0.3, 0.4) is 0 Å². The molecule has 10 heteroatoms. The molecule has 1 aliphatic heterocycles. The smallest absolute Gasteiger partial charge is 0.405 e. The van der Waals surface area contributed by atoms with E-state index in [9.17, 15) is 22.8 Å². The van der Waals surface area contributed by atoms with Crippen LogP contribution in [0.15, 0.2) is 47.2 Å². The molecule has 0 radical (unpaired) electrons. The molecule has 1 aromatic heterocycles. The maximum absolute atomic E-state index is 13.0. The van der Waals surface area contributed by atoms with Gasteiger partial charge in [-0.3, -0.25) is 9.78 Å². The largest absolute Gasteiger partial charge is 0.573 e. The fourth-order valence-corrected chi connectivity index (χ4v) is 3.28. The lowest BCUT2D eigenvalue weighted by Gasteiger charge is -2.27. The number of ether oxygens (including phenoxy) is 1. The summed E-state index contributed by atoms with van der Waals surface area (Å²) in [6, 6.07) is 6.41. The molecular formula is C18H15BrF3N3O3. The first-order chi connectivity index (χ1) is 13.0. The van der Waals surface area contributed by atoms with Crippen molar-refractivity contribution in [3.8, 4) is 5.75 Å². The molecule has 0 unspecified atom stereocenters. The molecule has 0 aliphatic carbocycles. The van der Waals surface area contributed by atoms with Gasteiger partial charge in [0.25, 0.3) is 5.91 Å². The molecule has 148 valence electrons. The van der Waals surface area contributed by atoms with Crippen molar-refractivity contribution in [3.05, 3.63) is 52.8 Å². The average molecular weight is 458 g/mol. The summed E-state index contributed by atoms with van der Waals surface area (Å²) in [5.41, 5.74) is -0.198. The van der Waals surface area contributed by atoms with Gasteiger partial charge >= 0.3 is 12.4 Å². The molecule has 6 nitrogen and oxygen atoms in total. The summed E-state index contributed by atoms with van der Waals surface area (Å²) < 4.78 is 41.2. The van der Waals surface area contributed by atoms with Crippen molar-refractivity contribution >= 4 is 33.6 Å². The Kier molecular flexibility index (Phi) is 5.09. The lowest BCUT2D eigenvalue weighted by molar-refractivity contribution is -0.274. The highest BCUT2D eigenvalue weighted by atomic mass is 79.9. The lowest BCUT2D eigenvalue weighted by Crippen LogP contribution is -2.43. The van der Waals surface area contributed by atoms with Gasteiger partial charge in [-0.05, 0) is 65.7 Å². The van der Waals surface area contributed by atoms with E-state index in [-0.39, 0.29) is 16.7 Å². The second kappa shape index (κ2) is 7.08. The second-order valence-corrected chi connectivity index (χ2v) is 7.44. The molecule has 3 rings (SSSR count). The standard InChI is InChI=1S/C18H15BrF3N3O3/c1-17(2)15(26)25(16(27)24(17)10-11-5-7-23-8-6-11)12-3-4-14(13(19)9-12)28-18(20,21)22/h3-9H,10H2,1-2H3. The Balaban J connectivity index is 1.91. The molecule has 3 amide bonds. The number of urea groups is 1. The molecule has 1 saturated heterocycles. The van der Waals surface area contributed by atoms with E-state index in [0.717, 1.165) is 16.5 Å². The molecular weight excluding hydrogens is 443 g/mol. The highest BCUT2D eigenvalue weighted by molar-refractivity contribution is 9.10. The Hall–Kier alpha value is -2.62. The molecule has 0 N–H and O–H groups in total. The molecule has 1 fully saturated rings. The number of alkyl halides is 3. The zero-order valence-electron chi connectivity index (χ0n) is 14.8. The molecule has 28 heavy (non-hydrogen) atoms. The van der Waals surface area contributed by atoms with Gasteiger partial charge in [0.2, 0.25) is 0 Å². The summed E-state index contributed by atoms with van der Waals surface area (Å²) in [6.07, 6.45) is -1.69. The number of amides is 3. The first-order valence-corrected chi connectivity index (χ1v) is 8.90. The molecule has 2 heterocycles. The highest BCUT2D eigenvalue weighted by Crippen LogP contribution is 2.38. The van der Waals surface area contributed by atoms with Crippen LogP contribution in [0.5, 0.6) is 5.75 Å². The lowest BCUT2D eigenvalue weighted by atomic mass is 10.0. The van der Waals surface area contributed by atoms with Crippen molar-refractivity contribution in [1.82, 2.24) is 9.88 Å². The number of imide groups is 1. The Morgan fingerprint density at radius 2 is 1.79 bits per heavy atom. The van der Waals surface area contributed by atoms with E-state index in [4.69, 9.17) is 0 Å². The number of hydrogen-bond acceptors (Lipinski definition) is 4. The van der Waals surface area contributed by atoms with Crippen LogP contribution >= 0.6 is 15.9 Å². The monoisotopic (exact) mass is 457 g/mol. The van der Waals surface area contributed by atoms with Gasteiger partial charge in [0, 0.05) is 18.9 Å². The number of benzene rings is 1. The Morgan fingerprint density at radius 3 is 2.36 bits per heavy atom. The van der Waals surface area contributed by atoms with Crippen molar-refractivity contribution in [2.24, 2.45) is 0 Å². The molecule has 1 aromatic carbocycles. The summed E-state index contributed by atoms with van der Waals surface area (Å²) in [5, 5.41) is 0. The van der Waals surface area contributed by atoms with Crippen molar-refractivity contribution < 1.29 is 27.5 Å². The number of nitrogens with zero attached hydrogens (tertiary/aromatic N) is 3. The minimum absolute atomic E-state index is 0.0340. The van der Waals surface area contributed by atoms with Crippen LogP contribution in [0, 0.1) is 0 Å². The van der Waals surface area contributed by atoms with Crippen LogP contribution in [0.1, 0.15) is 19.4 Å². The van der Waals surface area contributed by atoms with Crippen LogP contribution in [0.25, 0.3) is 0 Å². The predicted octanol–water partition coefficient (Wildman–Crippen LogP) is 4.49. The van der Waals surface area contributed by atoms with Crippen LogP contribution in [-0.2, 0) is 11.3 Å². The summed E-state index contributed by atoms with van der Waals surface area (Å²) >= 11 is 2.99. The van der Waals surface area contributed by atoms with E-state index in [0.29, 0.717) is 0 Å². The van der Waals surface area contributed by atoms with Crippen molar-refractivity contribution in [1.29, 1.82) is 0 Å². The van der Waals surface area contributed by atoms with Gasteiger partial charge < -0.3 is 9.64 Å². The maximum Gasteiger partial charge on any atom is 0.573 e. The third kappa shape index (κ3) is 3.82. The normalized spacial score (nSPS) is 16.6. The van der Waals surface area contributed by atoms with E-state index in [1.807, 2.05) is 0 Å². The highest BCUT2D eigenvalue weighted by Gasteiger charge is 2.51. The average Bonchev–Trinajstić information content (AvgIpc) is 2.77. The Bertz CT molecular complexity index is 919. The third-order valence-corrected chi connectivity index (χ3v) is 4.93. The van der Waals surface area contributed by atoms with Gasteiger partial charge in [0.15, 0.2) is 0 Å². The number of rotatable bonds is 4. The van der Waals surface area contributed by atoms with Gasteiger partial charge in [-0.2, -0.15) is 0 Å². The molecule has 0 saturated carbocycles. The zero-order valence-corrected chi connectivity index (χ0v) is 16.4. The number of hydrogen-bond donors (Lipinski definition) is 0. The number of aromatic nitrogens is 1. The van der Waals surface area contributed by atoms with Crippen LogP contribution in [0.4, 0.5) is 23.7 Å². The summed E-state index contributed by atoms with van der Waals surface area (Å²) in [7, 11) is 0. The van der Waals surface area contributed by atoms with Gasteiger partial charge in [-0.1, -0.05) is 0 Å². The third-order valence-electron chi connectivity index (χ3n) is 4.31. The van der Waals surface area contributed by atoms with E-state index < -0.39 is 29.6 Å². The number of carbonyl (C=O) groups excluding carboxylic acids is 2. The first kappa shape index (κ1) is 20.1. The van der Waals surface area contributed by atoms with E-state index >= 15 is 0 Å². The fourth-order valence-electron chi connectivity index (χ4n) is 2.84. The van der Waals surface area contributed by atoms with Crippen molar-refractivity contribution in [3.63, 3.8) is 0 Å². The number of anilines is 1. The Labute approximate surface area is 167 Å². The van der Waals surface area contributed by atoms with E-state index in [1.54, 1.807) is 38.4 Å². The number of carbonyl (C=O) groups is 2. The number of halogens is 4. The molecule has 1 aliphatic rings. The summed E-state index contributed by atoms with van der Waals surface area (Å²) in [6.45, 7) is 3.42. The van der Waals surface area contributed by atoms with Crippen LogP contribution < -0.4 is 9.64 Å². The SMILES string of the molecule is CC1(C)C(=O)N(c2ccc(OC(F)(F)F)c(Br)c2)C(=O)N1Cc1ccncc1. The summed E-state index contributed by atoms with van der Waals surface area (Å²) in [4.78, 5) is 32.1. The van der Waals surface area contributed by atoms with Crippen molar-refractivity contribution in [2.75, 3.05) is 4.90 Å². The predicted molar refractivity (Wildman–Crippen MR) is 97.6 cm³/mol. The summed E-state index contributed by atoms with van der Waals surface area (Å²) in [5.74, 6) is -0.953. The van der Waals surface area contributed by atoms with Gasteiger partial charge in [-0.15, -0.1) is 13.2 Å². The van der Waals surface area contributed by atoms with Crippen molar-refractivity contribution in [2.45, 2.75) is 32.3 Å².